The SMILES string of the molecule is COC1CCC2(CC1)Cc1ccc(OCC3CCCO3)cc1C21NC(=O)NC1=O. The van der Waals surface area contributed by atoms with E-state index < -0.39 is 11.6 Å². The minimum atomic E-state index is -1.03. The molecule has 3 fully saturated rings. The predicted octanol–water partition coefficient (Wildman–Crippen LogP) is 2.41. The molecule has 2 N–H and O–H groups in total. The molecular weight excluding hydrogens is 372 g/mol. The highest BCUT2D eigenvalue weighted by molar-refractivity contribution is 6.08. The number of hydrogen-bond acceptors (Lipinski definition) is 5. The summed E-state index contributed by atoms with van der Waals surface area (Å²) in [5, 5.41) is 5.53. The minimum absolute atomic E-state index is 0.127. The number of carbonyl (C=O) groups is 2. The van der Waals surface area contributed by atoms with Gasteiger partial charge in [0, 0.05) is 19.1 Å². The van der Waals surface area contributed by atoms with Crippen LogP contribution >= 0.6 is 0 Å². The number of nitrogens with one attached hydrogen (secondary N) is 2. The van der Waals surface area contributed by atoms with Gasteiger partial charge in [-0.2, -0.15) is 0 Å². The molecular formula is C22H28N2O5. The summed E-state index contributed by atoms with van der Waals surface area (Å²) >= 11 is 0. The molecule has 29 heavy (non-hydrogen) atoms. The fraction of sp³-hybridized carbons (Fsp3) is 0.636. The van der Waals surface area contributed by atoms with Gasteiger partial charge in [0.2, 0.25) is 0 Å². The topological polar surface area (TPSA) is 85.9 Å². The van der Waals surface area contributed by atoms with E-state index in [0.717, 1.165) is 68.4 Å². The van der Waals surface area contributed by atoms with Gasteiger partial charge in [-0.1, -0.05) is 6.07 Å². The van der Waals surface area contributed by atoms with Gasteiger partial charge >= 0.3 is 6.03 Å². The van der Waals surface area contributed by atoms with Gasteiger partial charge in [-0.15, -0.1) is 0 Å². The van der Waals surface area contributed by atoms with Gasteiger partial charge in [-0.25, -0.2) is 4.79 Å². The molecule has 7 nitrogen and oxygen atoms in total. The summed E-state index contributed by atoms with van der Waals surface area (Å²) in [4.78, 5) is 25.4. The van der Waals surface area contributed by atoms with Crippen LogP contribution in [0.5, 0.6) is 5.75 Å². The Morgan fingerprint density at radius 3 is 2.69 bits per heavy atom. The first kappa shape index (κ1) is 18.9. The average Bonchev–Trinajstić information content (AvgIpc) is 3.41. The largest absolute Gasteiger partial charge is 0.491 e. The molecule has 156 valence electrons. The molecule has 1 aromatic carbocycles. The highest BCUT2D eigenvalue weighted by Crippen LogP contribution is 2.59. The molecule has 7 heteroatoms. The van der Waals surface area contributed by atoms with E-state index in [4.69, 9.17) is 14.2 Å². The summed E-state index contributed by atoms with van der Waals surface area (Å²) < 4.78 is 17.2. The van der Waals surface area contributed by atoms with Gasteiger partial charge in [-0.05, 0) is 68.2 Å². The maximum absolute atomic E-state index is 13.2. The number of urea groups is 1. The third-order valence-corrected chi connectivity index (χ3v) is 7.36. The third-order valence-electron chi connectivity index (χ3n) is 7.36. The molecule has 2 unspecified atom stereocenters. The standard InChI is InChI=1S/C22H28N2O5/c1-27-15-6-8-21(9-7-15)12-14-4-5-16(29-13-17-3-2-10-28-17)11-18(14)22(21)19(25)23-20(26)24-22/h4-5,11,15,17H,2-3,6-10,12-13H2,1H3,(H2,23,24,25,26). The van der Waals surface area contributed by atoms with Crippen molar-refractivity contribution in [3.8, 4) is 5.75 Å². The molecule has 2 spiro atoms. The van der Waals surface area contributed by atoms with Gasteiger partial charge < -0.3 is 19.5 Å². The van der Waals surface area contributed by atoms with Crippen molar-refractivity contribution in [2.24, 2.45) is 5.41 Å². The maximum Gasteiger partial charge on any atom is 0.322 e. The summed E-state index contributed by atoms with van der Waals surface area (Å²) in [6, 6.07) is 5.56. The first-order valence-electron chi connectivity index (χ1n) is 10.6. The number of benzene rings is 1. The Kier molecular flexibility index (Phi) is 4.55. The first-order valence-corrected chi connectivity index (χ1v) is 10.6. The Bertz CT molecular complexity index is 826. The number of imide groups is 1. The highest BCUT2D eigenvalue weighted by atomic mass is 16.5. The smallest absolute Gasteiger partial charge is 0.322 e. The lowest BCUT2D eigenvalue weighted by Gasteiger charge is -2.46. The van der Waals surface area contributed by atoms with Crippen LogP contribution in [0.1, 0.15) is 49.7 Å². The normalized spacial score (nSPS) is 35.8. The summed E-state index contributed by atoms with van der Waals surface area (Å²) in [5.41, 5.74) is 0.638. The zero-order chi connectivity index (χ0) is 20.1. The zero-order valence-corrected chi connectivity index (χ0v) is 16.8. The molecule has 0 bridgehead atoms. The maximum atomic E-state index is 13.2. The van der Waals surface area contributed by atoms with Crippen LogP contribution in [-0.2, 0) is 26.2 Å². The van der Waals surface area contributed by atoms with Crippen molar-refractivity contribution in [3.63, 3.8) is 0 Å². The summed E-state index contributed by atoms with van der Waals surface area (Å²) in [7, 11) is 1.74. The molecule has 0 radical (unpaired) electrons. The van der Waals surface area contributed by atoms with E-state index in [2.05, 4.69) is 16.7 Å². The number of methoxy groups -OCH3 is 1. The average molecular weight is 400 g/mol. The summed E-state index contributed by atoms with van der Waals surface area (Å²) in [6.07, 6.45) is 6.64. The minimum Gasteiger partial charge on any atom is -0.491 e. The van der Waals surface area contributed by atoms with Crippen LogP contribution in [0.15, 0.2) is 18.2 Å². The van der Waals surface area contributed by atoms with Crippen LogP contribution < -0.4 is 15.4 Å². The highest BCUT2D eigenvalue weighted by Gasteiger charge is 2.66. The second-order valence-corrected chi connectivity index (χ2v) is 8.82. The van der Waals surface area contributed by atoms with Crippen molar-refractivity contribution in [2.45, 2.75) is 62.7 Å². The molecule has 3 amide bonds. The molecule has 1 aromatic rings. The van der Waals surface area contributed by atoms with Crippen LogP contribution in [0.3, 0.4) is 0 Å². The number of ether oxygens (including phenoxy) is 3. The summed E-state index contributed by atoms with van der Waals surface area (Å²) in [6.45, 7) is 1.30. The van der Waals surface area contributed by atoms with Crippen LogP contribution in [0.4, 0.5) is 4.79 Å². The predicted molar refractivity (Wildman–Crippen MR) is 105 cm³/mol. The Morgan fingerprint density at radius 1 is 1.21 bits per heavy atom. The lowest BCUT2D eigenvalue weighted by Crippen LogP contribution is -2.56. The van der Waals surface area contributed by atoms with Gasteiger partial charge in [0.05, 0.1) is 12.2 Å². The van der Waals surface area contributed by atoms with E-state index in [1.807, 2.05) is 12.1 Å². The van der Waals surface area contributed by atoms with E-state index >= 15 is 0 Å². The van der Waals surface area contributed by atoms with Crippen LogP contribution in [0.25, 0.3) is 0 Å². The molecule has 2 atom stereocenters. The number of carbonyl (C=O) groups excluding carboxylic acids is 2. The number of fused-ring (bicyclic) bond motifs is 3. The van der Waals surface area contributed by atoms with E-state index in [0.29, 0.717) is 6.61 Å². The second-order valence-electron chi connectivity index (χ2n) is 8.82. The molecule has 2 aliphatic heterocycles. The number of hydrogen-bond donors (Lipinski definition) is 2. The van der Waals surface area contributed by atoms with E-state index in [-0.39, 0.29) is 23.5 Å². The second kappa shape index (κ2) is 6.99. The monoisotopic (exact) mass is 400 g/mol. The van der Waals surface area contributed by atoms with Crippen LogP contribution in [0, 0.1) is 5.41 Å². The molecule has 0 aromatic heterocycles. The Labute approximate surface area is 170 Å². The lowest BCUT2D eigenvalue weighted by molar-refractivity contribution is -0.131. The Morgan fingerprint density at radius 2 is 2.03 bits per heavy atom. The van der Waals surface area contributed by atoms with E-state index in [1.165, 1.54) is 0 Å². The van der Waals surface area contributed by atoms with Gasteiger partial charge in [0.15, 0.2) is 5.54 Å². The van der Waals surface area contributed by atoms with Crippen molar-refractivity contribution in [3.05, 3.63) is 29.3 Å². The fourth-order valence-corrected chi connectivity index (χ4v) is 5.85. The quantitative estimate of drug-likeness (QED) is 0.758. The van der Waals surface area contributed by atoms with E-state index in [1.54, 1.807) is 7.11 Å². The molecule has 4 aliphatic rings. The van der Waals surface area contributed by atoms with Gasteiger partial charge in [0.1, 0.15) is 12.4 Å². The summed E-state index contributed by atoms with van der Waals surface area (Å²) in [5.74, 6) is 0.476. The third kappa shape index (κ3) is 2.86. The molecule has 2 saturated heterocycles. The lowest BCUT2D eigenvalue weighted by atomic mass is 9.61. The molecule has 1 saturated carbocycles. The molecule has 2 heterocycles. The molecule has 2 aliphatic carbocycles. The van der Waals surface area contributed by atoms with E-state index in [9.17, 15) is 9.59 Å². The van der Waals surface area contributed by atoms with Crippen molar-refractivity contribution in [1.29, 1.82) is 0 Å². The van der Waals surface area contributed by atoms with Crippen molar-refractivity contribution in [2.75, 3.05) is 20.3 Å². The first-order chi connectivity index (χ1) is 14.1. The van der Waals surface area contributed by atoms with Crippen LogP contribution in [-0.4, -0.2) is 44.5 Å². The fourth-order valence-electron chi connectivity index (χ4n) is 5.85. The number of rotatable bonds is 4. The van der Waals surface area contributed by atoms with Crippen molar-refractivity contribution < 1.29 is 23.8 Å². The van der Waals surface area contributed by atoms with Crippen molar-refractivity contribution >= 4 is 11.9 Å². The van der Waals surface area contributed by atoms with Crippen LogP contribution in [0.2, 0.25) is 0 Å². The van der Waals surface area contributed by atoms with Gasteiger partial charge in [-0.3, -0.25) is 10.1 Å². The van der Waals surface area contributed by atoms with Crippen molar-refractivity contribution in [1.82, 2.24) is 10.6 Å². The molecule has 5 rings (SSSR count). The van der Waals surface area contributed by atoms with Gasteiger partial charge in [0.25, 0.3) is 5.91 Å². The Hall–Kier alpha value is -2.12. The number of amides is 3. The zero-order valence-electron chi connectivity index (χ0n) is 16.8. The Balaban J connectivity index is 1.48.